The summed E-state index contributed by atoms with van der Waals surface area (Å²) in [6, 6.07) is 3.83. The lowest BCUT2D eigenvalue weighted by Gasteiger charge is -2.04. The lowest BCUT2D eigenvalue weighted by Crippen LogP contribution is -2.03. The molecule has 0 atom stereocenters. The predicted octanol–water partition coefficient (Wildman–Crippen LogP) is 2.15. The van der Waals surface area contributed by atoms with Crippen molar-refractivity contribution < 1.29 is 4.52 Å². The number of rotatable bonds is 3. The third kappa shape index (κ3) is 2.53. The highest BCUT2D eigenvalue weighted by Crippen LogP contribution is 2.16. The summed E-state index contributed by atoms with van der Waals surface area (Å²) in [6.07, 6.45) is 1.30. The van der Waals surface area contributed by atoms with E-state index in [1.807, 2.05) is 19.1 Å². The van der Waals surface area contributed by atoms with Crippen molar-refractivity contribution in [2.75, 3.05) is 5.32 Å². The Morgan fingerprint density at radius 2 is 2.33 bits per heavy atom. The standard InChI is InChI=1S/C9H9BrN4O/c1-6-7(10)2-3-8(13-6)11-4-9-12-5-15-14-9/h2-3,5H,4H2,1H3,(H,11,13). The highest BCUT2D eigenvalue weighted by Gasteiger charge is 2.01. The fourth-order valence-corrected chi connectivity index (χ4v) is 1.30. The van der Waals surface area contributed by atoms with Gasteiger partial charge in [-0.1, -0.05) is 5.16 Å². The number of nitrogens with one attached hydrogen (secondary N) is 1. The van der Waals surface area contributed by atoms with Crippen LogP contribution in [-0.2, 0) is 6.54 Å². The van der Waals surface area contributed by atoms with Crippen LogP contribution in [0.3, 0.4) is 0 Å². The van der Waals surface area contributed by atoms with E-state index >= 15 is 0 Å². The van der Waals surface area contributed by atoms with E-state index in [4.69, 9.17) is 0 Å². The van der Waals surface area contributed by atoms with Crippen LogP contribution in [0, 0.1) is 6.92 Å². The zero-order valence-corrected chi connectivity index (χ0v) is 9.65. The molecule has 0 amide bonds. The van der Waals surface area contributed by atoms with E-state index in [1.165, 1.54) is 6.39 Å². The summed E-state index contributed by atoms with van der Waals surface area (Å²) >= 11 is 3.39. The van der Waals surface area contributed by atoms with Crippen molar-refractivity contribution in [2.24, 2.45) is 0 Å². The molecule has 1 N–H and O–H groups in total. The minimum atomic E-state index is 0.505. The van der Waals surface area contributed by atoms with Gasteiger partial charge in [0.15, 0.2) is 5.82 Å². The molecular weight excluding hydrogens is 260 g/mol. The maximum atomic E-state index is 4.62. The van der Waals surface area contributed by atoms with Gasteiger partial charge in [-0.05, 0) is 35.0 Å². The van der Waals surface area contributed by atoms with Gasteiger partial charge in [-0.2, -0.15) is 4.98 Å². The zero-order chi connectivity index (χ0) is 10.7. The first-order valence-corrected chi connectivity index (χ1v) is 5.17. The topological polar surface area (TPSA) is 63.8 Å². The van der Waals surface area contributed by atoms with E-state index in [2.05, 4.69) is 40.9 Å². The first-order chi connectivity index (χ1) is 7.25. The smallest absolute Gasteiger partial charge is 0.213 e. The van der Waals surface area contributed by atoms with Gasteiger partial charge in [-0.25, -0.2) is 4.98 Å². The van der Waals surface area contributed by atoms with Crippen molar-refractivity contribution in [1.82, 2.24) is 15.1 Å². The van der Waals surface area contributed by atoms with Gasteiger partial charge in [0, 0.05) is 4.47 Å². The van der Waals surface area contributed by atoms with Crippen LogP contribution < -0.4 is 5.32 Å². The Kier molecular flexibility index (Phi) is 2.96. The van der Waals surface area contributed by atoms with Crippen LogP contribution in [0.5, 0.6) is 0 Å². The molecule has 0 aromatic carbocycles. The van der Waals surface area contributed by atoms with Crippen LogP contribution >= 0.6 is 15.9 Å². The summed E-state index contributed by atoms with van der Waals surface area (Å²) in [7, 11) is 0. The van der Waals surface area contributed by atoms with Gasteiger partial charge >= 0.3 is 0 Å². The number of aryl methyl sites for hydroxylation is 1. The molecule has 0 bridgehead atoms. The number of hydrogen-bond acceptors (Lipinski definition) is 5. The Labute approximate surface area is 95.0 Å². The molecule has 2 aromatic rings. The molecule has 2 aromatic heterocycles. The number of aromatic nitrogens is 3. The summed E-state index contributed by atoms with van der Waals surface area (Å²) in [5.74, 6) is 1.40. The number of halogens is 1. The minimum absolute atomic E-state index is 0.505. The molecule has 6 heteroatoms. The molecule has 78 valence electrons. The second kappa shape index (κ2) is 4.39. The van der Waals surface area contributed by atoms with Gasteiger partial charge in [-0.3, -0.25) is 0 Å². The van der Waals surface area contributed by atoms with Gasteiger partial charge in [0.25, 0.3) is 0 Å². The van der Waals surface area contributed by atoms with E-state index in [9.17, 15) is 0 Å². The van der Waals surface area contributed by atoms with Crippen molar-refractivity contribution in [2.45, 2.75) is 13.5 Å². The number of pyridine rings is 1. The molecular formula is C9H9BrN4O. The van der Waals surface area contributed by atoms with E-state index in [-0.39, 0.29) is 0 Å². The van der Waals surface area contributed by atoms with Crippen molar-refractivity contribution in [3.05, 3.63) is 34.5 Å². The van der Waals surface area contributed by atoms with E-state index in [1.54, 1.807) is 0 Å². The molecule has 0 aliphatic carbocycles. The molecule has 0 aliphatic heterocycles. The molecule has 0 aliphatic rings. The Bertz CT molecular complexity index is 443. The van der Waals surface area contributed by atoms with Crippen LogP contribution in [0.1, 0.15) is 11.5 Å². The van der Waals surface area contributed by atoms with E-state index in [0.717, 1.165) is 16.0 Å². The third-order valence-electron chi connectivity index (χ3n) is 1.86. The molecule has 0 unspecified atom stereocenters. The Hall–Kier alpha value is -1.43. The second-order valence-electron chi connectivity index (χ2n) is 2.96. The minimum Gasteiger partial charge on any atom is -0.363 e. The van der Waals surface area contributed by atoms with Crippen molar-refractivity contribution in [3.63, 3.8) is 0 Å². The zero-order valence-electron chi connectivity index (χ0n) is 8.07. The molecule has 0 spiro atoms. The SMILES string of the molecule is Cc1nc(NCc2ncon2)ccc1Br. The third-order valence-corrected chi connectivity index (χ3v) is 2.69. The van der Waals surface area contributed by atoms with Gasteiger partial charge in [0.05, 0.1) is 12.2 Å². The van der Waals surface area contributed by atoms with Crippen LogP contribution in [0.25, 0.3) is 0 Å². The monoisotopic (exact) mass is 268 g/mol. The predicted molar refractivity (Wildman–Crippen MR) is 58.3 cm³/mol. The molecule has 2 heterocycles. The lowest BCUT2D eigenvalue weighted by molar-refractivity contribution is 0.411. The first kappa shape index (κ1) is 10.1. The fraction of sp³-hybridized carbons (Fsp3) is 0.222. The average Bonchev–Trinajstić information content (AvgIpc) is 2.73. The summed E-state index contributed by atoms with van der Waals surface area (Å²) in [5.41, 5.74) is 0.938. The highest BCUT2D eigenvalue weighted by atomic mass is 79.9. The van der Waals surface area contributed by atoms with Crippen molar-refractivity contribution >= 4 is 21.7 Å². The normalized spacial score (nSPS) is 10.3. The van der Waals surface area contributed by atoms with Crippen LogP contribution in [0.15, 0.2) is 27.5 Å². The summed E-state index contributed by atoms with van der Waals surface area (Å²) in [5, 5.41) is 6.78. The van der Waals surface area contributed by atoms with Crippen molar-refractivity contribution in [1.29, 1.82) is 0 Å². The molecule has 0 saturated carbocycles. The second-order valence-corrected chi connectivity index (χ2v) is 3.82. The number of nitrogens with zero attached hydrogens (tertiary/aromatic N) is 3. The maximum absolute atomic E-state index is 4.62. The van der Waals surface area contributed by atoms with E-state index < -0.39 is 0 Å². The Morgan fingerprint density at radius 1 is 1.47 bits per heavy atom. The summed E-state index contributed by atoms with van der Waals surface area (Å²) < 4.78 is 5.61. The van der Waals surface area contributed by atoms with E-state index in [0.29, 0.717) is 12.4 Å². The molecule has 15 heavy (non-hydrogen) atoms. The average molecular weight is 269 g/mol. The van der Waals surface area contributed by atoms with Crippen LogP contribution in [0.2, 0.25) is 0 Å². The lowest BCUT2D eigenvalue weighted by atomic mass is 10.4. The largest absolute Gasteiger partial charge is 0.363 e. The van der Waals surface area contributed by atoms with Gasteiger partial charge in [0.2, 0.25) is 6.39 Å². The molecule has 0 saturated heterocycles. The van der Waals surface area contributed by atoms with Crippen LogP contribution in [0.4, 0.5) is 5.82 Å². The van der Waals surface area contributed by atoms with Gasteiger partial charge in [-0.15, -0.1) is 0 Å². The summed E-state index contributed by atoms with van der Waals surface area (Å²) in [4.78, 5) is 8.22. The van der Waals surface area contributed by atoms with Gasteiger partial charge in [0.1, 0.15) is 5.82 Å². The molecule has 0 radical (unpaired) electrons. The Morgan fingerprint density at radius 3 is 3.00 bits per heavy atom. The quantitative estimate of drug-likeness (QED) is 0.924. The molecule has 0 fully saturated rings. The number of hydrogen-bond donors (Lipinski definition) is 1. The summed E-state index contributed by atoms with van der Waals surface area (Å²) in [6.45, 7) is 2.44. The first-order valence-electron chi connectivity index (χ1n) is 4.38. The maximum Gasteiger partial charge on any atom is 0.213 e. The van der Waals surface area contributed by atoms with Crippen LogP contribution in [-0.4, -0.2) is 15.1 Å². The van der Waals surface area contributed by atoms with Crippen molar-refractivity contribution in [3.8, 4) is 0 Å². The fourth-order valence-electron chi connectivity index (χ4n) is 1.08. The molecule has 5 nitrogen and oxygen atoms in total. The molecule has 2 rings (SSSR count). The Balaban J connectivity index is 2.02. The highest BCUT2D eigenvalue weighted by molar-refractivity contribution is 9.10. The van der Waals surface area contributed by atoms with Gasteiger partial charge < -0.3 is 9.84 Å². The number of anilines is 1.